The predicted octanol–water partition coefficient (Wildman–Crippen LogP) is 5.94. The van der Waals surface area contributed by atoms with Crippen LogP contribution in [0.5, 0.6) is 0 Å². The highest BCUT2D eigenvalue weighted by Crippen LogP contribution is 2.63. The molecule has 6 rings (SSSR count). The zero-order valence-electron chi connectivity index (χ0n) is 19.8. The third kappa shape index (κ3) is 2.66. The Balaban J connectivity index is 1.42. The first kappa shape index (κ1) is 20.4. The molecule has 0 amide bonds. The van der Waals surface area contributed by atoms with Crippen molar-refractivity contribution in [1.82, 2.24) is 15.5 Å². The lowest BCUT2D eigenvalue weighted by molar-refractivity contribution is -0.173. The first-order valence-electron chi connectivity index (χ1n) is 12.4. The molecule has 2 aromatic rings. The van der Waals surface area contributed by atoms with Gasteiger partial charge in [-0.25, -0.2) is 0 Å². The molecule has 5 atom stereocenters. The van der Waals surface area contributed by atoms with Gasteiger partial charge in [0.1, 0.15) is 0 Å². The first-order chi connectivity index (χ1) is 15.4. The number of benzene rings is 1. The van der Waals surface area contributed by atoms with Gasteiger partial charge in [0.2, 0.25) is 0 Å². The normalized spacial score (nSPS) is 38.4. The van der Waals surface area contributed by atoms with Crippen molar-refractivity contribution in [1.29, 1.82) is 0 Å². The average Bonchev–Trinajstić information content (AvgIpc) is 3.40. The summed E-state index contributed by atoms with van der Waals surface area (Å²) in [6, 6.07) is 7.28. The van der Waals surface area contributed by atoms with Gasteiger partial charge in [0.15, 0.2) is 0 Å². The summed E-state index contributed by atoms with van der Waals surface area (Å²) in [5.41, 5.74) is 6.54. The van der Waals surface area contributed by atoms with E-state index in [0.29, 0.717) is 12.0 Å². The largest absolute Gasteiger partial charge is 0.359 e. The molecule has 2 heterocycles. The van der Waals surface area contributed by atoms with Crippen molar-refractivity contribution in [2.45, 2.75) is 76.5 Å². The highest BCUT2D eigenvalue weighted by atomic mass is 16.5. The number of fused-ring (bicyclic) bond motifs is 5. The number of allylic oxidation sites excluding steroid dienone is 3. The lowest BCUT2D eigenvalue weighted by Crippen LogP contribution is -2.59. The quantitative estimate of drug-likeness (QED) is 0.635. The van der Waals surface area contributed by atoms with Crippen LogP contribution in [0.4, 0.5) is 0 Å². The number of nitrogens with zero attached hydrogens (tertiary/aromatic N) is 1. The third-order valence-corrected chi connectivity index (χ3v) is 9.24. The maximum absolute atomic E-state index is 7.35. The van der Waals surface area contributed by atoms with Crippen molar-refractivity contribution in [2.75, 3.05) is 7.05 Å². The second-order valence-corrected chi connectivity index (χ2v) is 10.8. The SMILES string of the molecule is CC[C@@]12O[C@]3(C)C[C@H](NC)CCC3=CC1=CCC1(C)C(c3ccc4cn[nH]c4c3)=CC[C@H]12. The second-order valence-electron chi connectivity index (χ2n) is 10.8. The maximum atomic E-state index is 7.35. The molecule has 1 aromatic carbocycles. The van der Waals surface area contributed by atoms with Crippen LogP contribution in [0.15, 0.2) is 53.8 Å². The molecule has 168 valence electrons. The van der Waals surface area contributed by atoms with E-state index in [9.17, 15) is 0 Å². The molecule has 2 N–H and O–H groups in total. The van der Waals surface area contributed by atoms with E-state index >= 15 is 0 Å². The summed E-state index contributed by atoms with van der Waals surface area (Å²) in [7, 11) is 2.09. The van der Waals surface area contributed by atoms with Crippen molar-refractivity contribution in [3.8, 4) is 0 Å². The molecule has 1 aromatic heterocycles. The van der Waals surface area contributed by atoms with E-state index in [-0.39, 0.29) is 16.6 Å². The first-order valence-corrected chi connectivity index (χ1v) is 12.4. The molecule has 4 heteroatoms. The fourth-order valence-electron chi connectivity index (χ4n) is 7.42. The average molecular weight is 430 g/mol. The molecular weight excluding hydrogens is 394 g/mol. The van der Waals surface area contributed by atoms with Crippen molar-refractivity contribution in [2.24, 2.45) is 11.3 Å². The zero-order chi connectivity index (χ0) is 22.1. The van der Waals surface area contributed by atoms with Crippen LogP contribution in [-0.4, -0.2) is 34.5 Å². The Morgan fingerprint density at radius 1 is 1.25 bits per heavy atom. The molecule has 3 aliphatic carbocycles. The monoisotopic (exact) mass is 429 g/mol. The molecule has 1 saturated carbocycles. The fraction of sp³-hybridized carbons (Fsp3) is 0.536. The lowest BCUT2D eigenvalue weighted by Gasteiger charge is -2.58. The molecule has 1 fully saturated rings. The van der Waals surface area contributed by atoms with Gasteiger partial charge in [-0.3, -0.25) is 5.10 Å². The highest BCUT2D eigenvalue weighted by Gasteiger charge is 2.60. The summed E-state index contributed by atoms with van der Waals surface area (Å²) in [4.78, 5) is 0. The van der Waals surface area contributed by atoms with Crippen molar-refractivity contribution in [3.05, 3.63) is 59.3 Å². The maximum Gasteiger partial charge on any atom is 0.0976 e. The number of hydrogen-bond donors (Lipinski definition) is 2. The number of aromatic nitrogens is 2. The van der Waals surface area contributed by atoms with Crippen LogP contribution >= 0.6 is 0 Å². The van der Waals surface area contributed by atoms with E-state index in [1.807, 2.05) is 6.20 Å². The molecule has 4 aliphatic rings. The minimum absolute atomic E-state index is 0.0754. The lowest BCUT2D eigenvalue weighted by atomic mass is 9.56. The van der Waals surface area contributed by atoms with Gasteiger partial charge in [-0.2, -0.15) is 5.10 Å². The van der Waals surface area contributed by atoms with Crippen molar-refractivity contribution >= 4 is 16.5 Å². The number of H-pyrrole nitrogens is 1. The molecule has 0 bridgehead atoms. The third-order valence-electron chi connectivity index (χ3n) is 9.24. The van der Waals surface area contributed by atoms with E-state index < -0.39 is 0 Å². The minimum atomic E-state index is -0.211. The van der Waals surface area contributed by atoms with Crippen LogP contribution in [0, 0.1) is 11.3 Å². The van der Waals surface area contributed by atoms with Crippen LogP contribution < -0.4 is 5.32 Å². The molecule has 32 heavy (non-hydrogen) atoms. The summed E-state index contributed by atoms with van der Waals surface area (Å²) in [5, 5.41) is 12.1. The summed E-state index contributed by atoms with van der Waals surface area (Å²) < 4.78 is 7.35. The highest BCUT2D eigenvalue weighted by molar-refractivity contribution is 5.84. The van der Waals surface area contributed by atoms with Crippen LogP contribution in [0.25, 0.3) is 16.5 Å². The number of nitrogens with one attached hydrogen (secondary N) is 2. The standard InChI is InChI=1S/C28H35N3O/c1-5-28-21(15-20-8-9-22(29-4)16-27(20,3)32-28)12-13-26(2)23(10-11-25(26)28)18-6-7-19-17-30-31-24(19)14-18/h6-7,10,12,14-15,17,22,25,29H,5,8-9,11,13,16H2,1-4H3,(H,30,31)/t22-,25-,26?,27-,28-/m1/s1. The van der Waals surface area contributed by atoms with E-state index in [1.165, 1.54) is 34.1 Å². The number of aromatic amines is 1. The van der Waals surface area contributed by atoms with Crippen LogP contribution in [0.2, 0.25) is 0 Å². The second kappa shape index (κ2) is 6.91. The molecule has 1 aliphatic heterocycles. The molecule has 0 spiro atoms. The topological polar surface area (TPSA) is 49.9 Å². The zero-order valence-corrected chi connectivity index (χ0v) is 19.8. The van der Waals surface area contributed by atoms with Gasteiger partial charge in [0.05, 0.1) is 22.9 Å². The van der Waals surface area contributed by atoms with E-state index in [2.05, 4.69) is 79.8 Å². The number of rotatable bonds is 3. The summed E-state index contributed by atoms with van der Waals surface area (Å²) in [6.45, 7) is 7.15. The summed E-state index contributed by atoms with van der Waals surface area (Å²) >= 11 is 0. The molecule has 0 saturated heterocycles. The van der Waals surface area contributed by atoms with Crippen molar-refractivity contribution < 1.29 is 4.74 Å². The number of hydrogen-bond acceptors (Lipinski definition) is 3. The number of ether oxygens (including phenoxy) is 1. The Morgan fingerprint density at radius 2 is 2.12 bits per heavy atom. The van der Waals surface area contributed by atoms with Gasteiger partial charge < -0.3 is 10.1 Å². The Kier molecular flexibility index (Phi) is 4.42. The van der Waals surface area contributed by atoms with Crippen LogP contribution in [0.1, 0.15) is 64.9 Å². The Labute approximate surface area is 191 Å². The Bertz CT molecular complexity index is 1170. The van der Waals surface area contributed by atoms with Crippen LogP contribution in [0.3, 0.4) is 0 Å². The predicted molar refractivity (Wildman–Crippen MR) is 130 cm³/mol. The van der Waals surface area contributed by atoms with Gasteiger partial charge in [-0.15, -0.1) is 0 Å². The molecule has 4 nitrogen and oxygen atoms in total. The van der Waals surface area contributed by atoms with Crippen LogP contribution in [-0.2, 0) is 4.74 Å². The van der Waals surface area contributed by atoms with E-state index in [4.69, 9.17) is 4.74 Å². The Hall–Kier alpha value is -2.17. The summed E-state index contributed by atoms with van der Waals surface area (Å²) in [5.74, 6) is 0.456. The van der Waals surface area contributed by atoms with E-state index in [0.717, 1.165) is 37.6 Å². The summed E-state index contributed by atoms with van der Waals surface area (Å²) in [6.07, 6.45) is 16.0. The molecule has 1 unspecified atom stereocenters. The molecule has 0 radical (unpaired) electrons. The van der Waals surface area contributed by atoms with E-state index in [1.54, 1.807) is 0 Å². The molecular formula is C28H35N3O. The van der Waals surface area contributed by atoms with Gasteiger partial charge in [-0.05, 0) is 80.8 Å². The van der Waals surface area contributed by atoms with Gasteiger partial charge in [0.25, 0.3) is 0 Å². The Morgan fingerprint density at radius 3 is 2.94 bits per heavy atom. The van der Waals surface area contributed by atoms with Gasteiger partial charge in [-0.1, -0.05) is 44.2 Å². The fourth-order valence-corrected chi connectivity index (χ4v) is 7.42. The smallest absolute Gasteiger partial charge is 0.0976 e. The van der Waals surface area contributed by atoms with Crippen molar-refractivity contribution in [3.63, 3.8) is 0 Å². The minimum Gasteiger partial charge on any atom is -0.359 e. The van der Waals surface area contributed by atoms with Gasteiger partial charge >= 0.3 is 0 Å². The van der Waals surface area contributed by atoms with Gasteiger partial charge in [0, 0.05) is 22.8 Å².